The quantitative estimate of drug-likeness (QED) is 0.904. The highest BCUT2D eigenvalue weighted by Crippen LogP contribution is 2.24. The summed E-state index contributed by atoms with van der Waals surface area (Å²) in [5.41, 5.74) is 0.0507. The molecule has 0 amide bonds. The summed E-state index contributed by atoms with van der Waals surface area (Å²) in [4.78, 5) is 2.07. The lowest BCUT2D eigenvalue weighted by Gasteiger charge is -2.19. The van der Waals surface area contributed by atoms with Gasteiger partial charge in [0.2, 0.25) is 0 Å². The van der Waals surface area contributed by atoms with Gasteiger partial charge in [-0.3, -0.25) is 4.90 Å². The van der Waals surface area contributed by atoms with Gasteiger partial charge in [0.05, 0.1) is 5.60 Å². The van der Waals surface area contributed by atoms with E-state index in [9.17, 15) is 9.50 Å². The number of nitrogens with zero attached hydrogens (tertiary/aromatic N) is 1. The standard InChI is InChI=1S/C12H15BrFNO/c1-12(16)4-5-15(8-12)7-9-6-10(13)2-3-11(9)14/h2-3,6,16H,4-5,7-8H2,1H3. The summed E-state index contributed by atoms with van der Waals surface area (Å²) in [5.74, 6) is -0.185. The minimum Gasteiger partial charge on any atom is -0.389 e. The maximum atomic E-state index is 13.5. The molecule has 2 nitrogen and oxygen atoms in total. The summed E-state index contributed by atoms with van der Waals surface area (Å²) >= 11 is 3.33. The molecule has 1 heterocycles. The molecule has 1 aromatic carbocycles. The Morgan fingerprint density at radius 3 is 2.94 bits per heavy atom. The molecule has 1 saturated heterocycles. The molecular weight excluding hydrogens is 273 g/mol. The predicted octanol–water partition coefficient (Wildman–Crippen LogP) is 2.54. The molecule has 1 aromatic rings. The first-order valence-corrected chi connectivity index (χ1v) is 6.14. The van der Waals surface area contributed by atoms with Gasteiger partial charge >= 0.3 is 0 Å². The molecule has 88 valence electrons. The third kappa shape index (κ3) is 2.81. The first-order chi connectivity index (χ1) is 7.46. The molecule has 1 aliphatic rings. The molecule has 1 fully saturated rings. The van der Waals surface area contributed by atoms with Crippen LogP contribution in [0.1, 0.15) is 18.9 Å². The van der Waals surface area contributed by atoms with E-state index in [1.165, 1.54) is 6.07 Å². The van der Waals surface area contributed by atoms with Crippen molar-refractivity contribution in [3.8, 4) is 0 Å². The molecule has 2 rings (SSSR count). The van der Waals surface area contributed by atoms with Crippen LogP contribution in [0, 0.1) is 5.82 Å². The molecule has 0 spiro atoms. The Morgan fingerprint density at radius 2 is 2.31 bits per heavy atom. The van der Waals surface area contributed by atoms with Gasteiger partial charge < -0.3 is 5.11 Å². The Balaban J connectivity index is 2.07. The second kappa shape index (κ2) is 4.43. The van der Waals surface area contributed by atoms with Gasteiger partial charge in [0.1, 0.15) is 5.82 Å². The zero-order valence-corrected chi connectivity index (χ0v) is 10.8. The summed E-state index contributed by atoms with van der Waals surface area (Å²) in [6.45, 7) is 3.81. The SMILES string of the molecule is CC1(O)CCN(Cc2cc(Br)ccc2F)C1. The molecule has 1 aliphatic heterocycles. The van der Waals surface area contributed by atoms with Crippen LogP contribution in [-0.4, -0.2) is 28.7 Å². The van der Waals surface area contributed by atoms with Crippen molar-refractivity contribution in [3.05, 3.63) is 34.1 Å². The number of halogens is 2. The van der Waals surface area contributed by atoms with Crippen molar-refractivity contribution in [3.63, 3.8) is 0 Å². The second-order valence-corrected chi connectivity index (χ2v) is 5.61. The molecule has 0 radical (unpaired) electrons. The van der Waals surface area contributed by atoms with Gasteiger partial charge in [0.25, 0.3) is 0 Å². The van der Waals surface area contributed by atoms with E-state index >= 15 is 0 Å². The van der Waals surface area contributed by atoms with Crippen molar-refractivity contribution >= 4 is 15.9 Å². The number of hydrogen-bond donors (Lipinski definition) is 1. The minimum atomic E-state index is -0.623. The molecule has 0 bridgehead atoms. The zero-order valence-electron chi connectivity index (χ0n) is 9.21. The van der Waals surface area contributed by atoms with E-state index in [4.69, 9.17) is 0 Å². The van der Waals surface area contributed by atoms with Crippen LogP contribution in [-0.2, 0) is 6.54 Å². The van der Waals surface area contributed by atoms with Gasteiger partial charge in [-0.25, -0.2) is 4.39 Å². The average molecular weight is 288 g/mol. The minimum absolute atomic E-state index is 0.185. The Kier molecular flexibility index (Phi) is 3.33. The van der Waals surface area contributed by atoms with E-state index in [0.29, 0.717) is 18.7 Å². The normalized spacial score (nSPS) is 26.2. The van der Waals surface area contributed by atoms with E-state index in [2.05, 4.69) is 20.8 Å². The van der Waals surface area contributed by atoms with Crippen LogP contribution in [0.5, 0.6) is 0 Å². The number of likely N-dealkylation sites (tertiary alicyclic amines) is 1. The molecule has 0 aliphatic carbocycles. The van der Waals surface area contributed by atoms with E-state index in [1.807, 2.05) is 6.92 Å². The van der Waals surface area contributed by atoms with Crippen LogP contribution >= 0.6 is 15.9 Å². The number of aliphatic hydroxyl groups is 1. The molecule has 1 atom stereocenters. The van der Waals surface area contributed by atoms with E-state index in [1.54, 1.807) is 12.1 Å². The first-order valence-electron chi connectivity index (χ1n) is 5.35. The zero-order chi connectivity index (χ0) is 11.8. The lowest BCUT2D eigenvalue weighted by atomic mass is 10.1. The van der Waals surface area contributed by atoms with Crippen LogP contribution in [0.15, 0.2) is 22.7 Å². The van der Waals surface area contributed by atoms with Crippen molar-refractivity contribution in [2.45, 2.75) is 25.5 Å². The highest BCUT2D eigenvalue weighted by molar-refractivity contribution is 9.10. The van der Waals surface area contributed by atoms with Gasteiger partial charge in [-0.15, -0.1) is 0 Å². The largest absolute Gasteiger partial charge is 0.389 e. The molecule has 0 aromatic heterocycles. The predicted molar refractivity (Wildman–Crippen MR) is 64.6 cm³/mol. The van der Waals surface area contributed by atoms with E-state index in [0.717, 1.165) is 17.4 Å². The van der Waals surface area contributed by atoms with Crippen molar-refractivity contribution < 1.29 is 9.50 Å². The van der Waals surface area contributed by atoms with Crippen molar-refractivity contribution in [2.75, 3.05) is 13.1 Å². The highest BCUT2D eigenvalue weighted by Gasteiger charge is 2.31. The monoisotopic (exact) mass is 287 g/mol. The van der Waals surface area contributed by atoms with E-state index in [-0.39, 0.29) is 5.82 Å². The number of rotatable bonds is 2. The maximum Gasteiger partial charge on any atom is 0.127 e. The van der Waals surface area contributed by atoms with Gasteiger partial charge in [0, 0.05) is 29.7 Å². The summed E-state index contributed by atoms with van der Waals surface area (Å²) in [6, 6.07) is 4.95. The summed E-state index contributed by atoms with van der Waals surface area (Å²) < 4.78 is 14.4. The summed E-state index contributed by atoms with van der Waals surface area (Å²) in [5, 5.41) is 9.82. The Morgan fingerprint density at radius 1 is 1.56 bits per heavy atom. The number of hydrogen-bond acceptors (Lipinski definition) is 2. The molecule has 1 N–H and O–H groups in total. The lowest BCUT2D eigenvalue weighted by Crippen LogP contribution is -2.29. The molecule has 4 heteroatoms. The Labute approximate surface area is 103 Å². The lowest BCUT2D eigenvalue weighted by molar-refractivity contribution is 0.0677. The smallest absolute Gasteiger partial charge is 0.127 e. The van der Waals surface area contributed by atoms with Gasteiger partial charge in [-0.2, -0.15) is 0 Å². The van der Waals surface area contributed by atoms with Crippen LogP contribution in [0.2, 0.25) is 0 Å². The van der Waals surface area contributed by atoms with Gasteiger partial charge in [0.15, 0.2) is 0 Å². The Bertz CT molecular complexity index is 395. The topological polar surface area (TPSA) is 23.5 Å². The fourth-order valence-corrected chi connectivity index (χ4v) is 2.49. The molecular formula is C12H15BrFNO. The van der Waals surface area contributed by atoms with Crippen LogP contribution in [0.3, 0.4) is 0 Å². The van der Waals surface area contributed by atoms with Crippen LogP contribution in [0.25, 0.3) is 0 Å². The second-order valence-electron chi connectivity index (χ2n) is 4.69. The van der Waals surface area contributed by atoms with Crippen LogP contribution < -0.4 is 0 Å². The summed E-state index contributed by atoms with van der Waals surface area (Å²) in [7, 11) is 0. The maximum absolute atomic E-state index is 13.5. The van der Waals surface area contributed by atoms with Crippen molar-refractivity contribution in [2.24, 2.45) is 0 Å². The number of benzene rings is 1. The highest BCUT2D eigenvalue weighted by atomic mass is 79.9. The van der Waals surface area contributed by atoms with Crippen LogP contribution in [0.4, 0.5) is 4.39 Å². The van der Waals surface area contributed by atoms with Gasteiger partial charge in [-0.1, -0.05) is 15.9 Å². The Hall–Kier alpha value is -0.450. The fraction of sp³-hybridized carbons (Fsp3) is 0.500. The van der Waals surface area contributed by atoms with Gasteiger partial charge in [-0.05, 0) is 31.5 Å². The van der Waals surface area contributed by atoms with Crippen molar-refractivity contribution in [1.29, 1.82) is 0 Å². The summed E-state index contributed by atoms with van der Waals surface area (Å²) in [6.07, 6.45) is 0.753. The third-order valence-electron chi connectivity index (χ3n) is 2.93. The van der Waals surface area contributed by atoms with E-state index < -0.39 is 5.60 Å². The fourth-order valence-electron chi connectivity index (χ4n) is 2.08. The first kappa shape index (κ1) is 12.0. The average Bonchev–Trinajstić information content (AvgIpc) is 2.52. The molecule has 1 unspecified atom stereocenters. The van der Waals surface area contributed by atoms with Crippen molar-refractivity contribution in [1.82, 2.24) is 4.90 Å². The third-order valence-corrected chi connectivity index (χ3v) is 3.43. The molecule has 16 heavy (non-hydrogen) atoms. The molecule has 0 saturated carbocycles. The number of β-amino-alcohol motifs (C(OH)–C–C–N with tert-alkyl or cyclic N) is 1.